The van der Waals surface area contributed by atoms with Crippen LogP contribution in [0.1, 0.15) is 12.6 Å². The van der Waals surface area contributed by atoms with Crippen LogP contribution in [-0.2, 0) is 6.42 Å². The highest BCUT2D eigenvalue weighted by Gasteiger charge is 2.16. The number of rotatable bonds is 4. The van der Waals surface area contributed by atoms with Crippen LogP contribution < -0.4 is 10.5 Å². The van der Waals surface area contributed by atoms with E-state index in [-0.39, 0.29) is 6.04 Å². The molecule has 0 aliphatic rings. The minimum absolute atomic E-state index is 0.0575. The van der Waals surface area contributed by atoms with Gasteiger partial charge in [0.2, 0.25) is 5.88 Å². The molecule has 0 spiro atoms. The molecule has 3 aromatic rings. The number of hydrogen-bond donors (Lipinski definition) is 1. The van der Waals surface area contributed by atoms with Crippen molar-refractivity contribution < 1.29 is 4.74 Å². The Bertz CT molecular complexity index is 718. The maximum absolute atomic E-state index is 5.93. The number of nitrogens with two attached hydrogens (primary N) is 1. The van der Waals surface area contributed by atoms with Gasteiger partial charge in [-0.3, -0.25) is 4.40 Å². The van der Waals surface area contributed by atoms with E-state index in [9.17, 15) is 0 Å². The van der Waals surface area contributed by atoms with Gasteiger partial charge in [0.1, 0.15) is 5.75 Å². The lowest BCUT2D eigenvalue weighted by Gasteiger charge is -2.08. The molecule has 0 amide bonds. The smallest absolute Gasteiger partial charge is 0.242 e. The lowest BCUT2D eigenvalue weighted by atomic mass is 10.2. The number of halogens is 1. The molecular formula is C14H14BrN3OS. The van der Waals surface area contributed by atoms with Crippen LogP contribution in [-0.4, -0.2) is 15.4 Å². The molecule has 4 nitrogen and oxygen atoms in total. The van der Waals surface area contributed by atoms with Gasteiger partial charge in [-0.1, -0.05) is 15.9 Å². The molecule has 2 aromatic heterocycles. The van der Waals surface area contributed by atoms with E-state index in [1.807, 2.05) is 47.2 Å². The van der Waals surface area contributed by atoms with E-state index >= 15 is 0 Å². The predicted octanol–water partition coefficient (Wildman–Crippen LogP) is 3.84. The third-order valence-corrected chi connectivity index (χ3v) is 4.15. The molecule has 2 N–H and O–H groups in total. The van der Waals surface area contributed by atoms with E-state index < -0.39 is 0 Å². The number of nitrogens with zero attached hydrogens (tertiary/aromatic N) is 2. The summed E-state index contributed by atoms with van der Waals surface area (Å²) in [6.45, 7) is 1.98. The van der Waals surface area contributed by atoms with Gasteiger partial charge >= 0.3 is 0 Å². The SMILES string of the molecule is CC(N)Cc1c(Oc2ccc(Br)cc2)nc2sccn12. The van der Waals surface area contributed by atoms with Gasteiger partial charge in [-0.15, -0.1) is 11.3 Å². The summed E-state index contributed by atoms with van der Waals surface area (Å²) in [5, 5.41) is 2.01. The van der Waals surface area contributed by atoms with Crippen molar-refractivity contribution in [2.24, 2.45) is 5.73 Å². The summed E-state index contributed by atoms with van der Waals surface area (Å²) >= 11 is 5.00. The predicted molar refractivity (Wildman–Crippen MR) is 84.6 cm³/mol. The molecule has 1 aromatic carbocycles. The summed E-state index contributed by atoms with van der Waals surface area (Å²) in [6, 6.07) is 7.76. The van der Waals surface area contributed by atoms with Crippen molar-refractivity contribution >= 4 is 32.2 Å². The van der Waals surface area contributed by atoms with Gasteiger partial charge in [-0.25, -0.2) is 0 Å². The lowest BCUT2D eigenvalue weighted by Crippen LogP contribution is -2.19. The fourth-order valence-corrected chi connectivity index (χ4v) is 2.99. The second-order valence-electron chi connectivity index (χ2n) is 4.66. The first-order valence-electron chi connectivity index (χ1n) is 6.27. The Morgan fingerprint density at radius 1 is 1.40 bits per heavy atom. The van der Waals surface area contributed by atoms with Crippen molar-refractivity contribution in [3.05, 3.63) is 46.0 Å². The Morgan fingerprint density at radius 3 is 2.85 bits per heavy atom. The molecule has 104 valence electrons. The topological polar surface area (TPSA) is 52.5 Å². The second-order valence-corrected chi connectivity index (χ2v) is 6.45. The zero-order chi connectivity index (χ0) is 14.1. The number of benzene rings is 1. The highest BCUT2D eigenvalue weighted by Crippen LogP contribution is 2.29. The summed E-state index contributed by atoms with van der Waals surface area (Å²) < 4.78 is 8.97. The van der Waals surface area contributed by atoms with E-state index in [0.717, 1.165) is 27.3 Å². The summed E-state index contributed by atoms with van der Waals surface area (Å²) in [7, 11) is 0. The molecule has 0 aliphatic heterocycles. The molecule has 1 unspecified atom stereocenters. The van der Waals surface area contributed by atoms with Crippen LogP contribution in [0.15, 0.2) is 40.3 Å². The molecule has 0 bridgehead atoms. The Morgan fingerprint density at radius 2 is 2.15 bits per heavy atom. The van der Waals surface area contributed by atoms with E-state index in [1.54, 1.807) is 11.3 Å². The van der Waals surface area contributed by atoms with Crippen LogP contribution in [0.2, 0.25) is 0 Å². The van der Waals surface area contributed by atoms with Gasteiger partial charge in [0.25, 0.3) is 0 Å². The number of hydrogen-bond acceptors (Lipinski definition) is 4. The summed E-state index contributed by atoms with van der Waals surface area (Å²) in [5.41, 5.74) is 6.94. The molecule has 0 saturated carbocycles. The average Bonchev–Trinajstić information content (AvgIpc) is 2.96. The fraction of sp³-hybridized carbons (Fsp3) is 0.214. The number of aromatic nitrogens is 2. The molecule has 0 aliphatic carbocycles. The van der Waals surface area contributed by atoms with Gasteiger partial charge in [-0.05, 0) is 31.2 Å². The second kappa shape index (κ2) is 5.55. The maximum Gasteiger partial charge on any atom is 0.242 e. The summed E-state index contributed by atoms with van der Waals surface area (Å²) in [5.74, 6) is 1.40. The fourth-order valence-electron chi connectivity index (χ4n) is 2.00. The molecule has 20 heavy (non-hydrogen) atoms. The van der Waals surface area contributed by atoms with Crippen LogP contribution in [0.4, 0.5) is 0 Å². The Kier molecular flexibility index (Phi) is 3.78. The van der Waals surface area contributed by atoms with Gasteiger partial charge in [-0.2, -0.15) is 4.98 Å². The Balaban J connectivity index is 1.97. The van der Waals surface area contributed by atoms with Crippen LogP contribution in [0, 0.1) is 0 Å². The highest BCUT2D eigenvalue weighted by atomic mass is 79.9. The van der Waals surface area contributed by atoms with Crippen LogP contribution >= 0.6 is 27.3 Å². The van der Waals surface area contributed by atoms with Gasteiger partial charge in [0.05, 0.1) is 5.69 Å². The van der Waals surface area contributed by atoms with Crippen LogP contribution in [0.5, 0.6) is 11.6 Å². The monoisotopic (exact) mass is 351 g/mol. The average molecular weight is 352 g/mol. The quantitative estimate of drug-likeness (QED) is 0.776. The van der Waals surface area contributed by atoms with Crippen molar-refractivity contribution in [1.82, 2.24) is 9.38 Å². The Labute approximate surface area is 129 Å². The lowest BCUT2D eigenvalue weighted by molar-refractivity contribution is 0.456. The van der Waals surface area contributed by atoms with Crippen molar-refractivity contribution in [2.75, 3.05) is 0 Å². The zero-order valence-corrected chi connectivity index (χ0v) is 13.3. The van der Waals surface area contributed by atoms with Gasteiger partial charge in [0.15, 0.2) is 4.96 Å². The molecular weight excluding hydrogens is 338 g/mol. The van der Waals surface area contributed by atoms with Crippen molar-refractivity contribution in [1.29, 1.82) is 0 Å². The zero-order valence-electron chi connectivity index (χ0n) is 10.9. The van der Waals surface area contributed by atoms with E-state index in [1.165, 1.54) is 0 Å². The highest BCUT2D eigenvalue weighted by molar-refractivity contribution is 9.10. The molecule has 6 heteroatoms. The van der Waals surface area contributed by atoms with E-state index in [0.29, 0.717) is 5.88 Å². The third-order valence-electron chi connectivity index (χ3n) is 2.87. The van der Waals surface area contributed by atoms with Gasteiger partial charge < -0.3 is 10.5 Å². The molecule has 1 atom stereocenters. The normalized spacial score (nSPS) is 12.8. The number of imidazole rings is 1. The largest absolute Gasteiger partial charge is 0.437 e. The molecule has 3 rings (SSSR count). The first-order valence-corrected chi connectivity index (χ1v) is 7.94. The van der Waals surface area contributed by atoms with Crippen LogP contribution in [0.25, 0.3) is 4.96 Å². The summed E-state index contributed by atoms with van der Waals surface area (Å²) in [4.78, 5) is 5.46. The standard InChI is InChI=1S/C14H14BrN3OS/c1-9(16)8-12-13(17-14-18(12)6-7-20-14)19-11-4-2-10(15)3-5-11/h2-7,9H,8,16H2,1H3. The minimum atomic E-state index is 0.0575. The van der Waals surface area contributed by atoms with Crippen molar-refractivity contribution in [3.63, 3.8) is 0 Å². The van der Waals surface area contributed by atoms with Crippen molar-refractivity contribution in [2.45, 2.75) is 19.4 Å². The maximum atomic E-state index is 5.93. The number of fused-ring (bicyclic) bond motifs is 1. The molecule has 0 fully saturated rings. The third kappa shape index (κ3) is 2.72. The molecule has 0 radical (unpaired) electrons. The minimum Gasteiger partial charge on any atom is -0.437 e. The Hall–Kier alpha value is -1.37. The van der Waals surface area contributed by atoms with Crippen molar-refractivity contribution in [3.8, 4) is 11.6 Å². The molecule has 0 saturated heterocycles. The summed E-state index contributed by atoms with van der Waals surface area (Å²) in [6.07, 6.45) is 2.73. The first-order chi connectivity index (χ1) is 9.63. The first kappa shape index (κ1) is 13.6. The molecule has 2 heterocycles. The number of ether oxygens (including phenoxy) is 1. The van der Waals surface area contributed by atoms with E-state index in [2.05, 4.69) is 20.9 Å². The van der Waals surface area contributed by atoms with E-state index in [4.69, 9.17) is 10.5 Å². The van der Waals surface area contributed by atoms with Gasteiger partial charge in [0, 0.05) is 28.5 Å². The van der Waals surface area contributed by atoms with Crippen LogP contribution in [0.3, 0.4) is 0 Å². The number of thiazole rings is 1.